The molecule has 5 nitrogen and oxygen atoms in total. The average molecular weight is 206 g/mol. The zero-order chi connectivity index (χ0) is 10.7. The Morgan fingerprint density at radius 1 is 1.53 bits per heavy atom. The van der Waals surface area contributed by atoms with Crippen molar-refractivity contribution in [3.63, 3.8) is 0 Å². The van der Waals surface area contributed by atoms with Crippen molar-refractivity contribution in [3.05, 3.63) is 18.6 Å². The van der Waals surface area contributed by atoms with Crippen LogP contribution in [0.25, 0.3) is 5.65 Å². The van der Waals surface area contributed by atoms with Gasteiger partial charge in [0.15, 0.2) is 0 Å². The van der Waals surface area contributed by atoms with Crippen LogP contribution in [-0.4, -0.2) is 28.0 Å². The molecule has 0 aliphatic heterocycles. The van der Waals surface area contributed by atoms with E-state index in [0.717, 1.165) is 17.9 Å². The van der Waals surface area contributed by atoms with Crippen molar-refractivity contribution in [2.24, 2.45) is 0 Å². The molecule has 5 heteroatoms. The second-order valence-electron chi connectivity index (χ2n) is 3.19. The molecule has 0 unspecified atom stereocenters. The molecule has 0 aliphatic rings. The van der Waals surface area contributed by atoms with Crippen LogP contribution in [-0.2, 0) is 0 Å². The quantitative estimate of drug-likeness (QED) is 0.824. The van der Waals surface area contributed by atoms with Crippen molar-refractivity contribution in [1.82, 2.24) is 14.4 Å². The number of nitrogens with zero attached hydrogens (tertiary/aromatic N) is 3. The highest BCUT2D eigenvalue weighted by Crippen LogP contribution is 2.18. The minimum atomic E-state index is 0.577. The topological polar surface area (TPSA) is 51.5 Å². The van der Waals surface area contributed by atoms with Crippen LogP contribution in [0.4, 0.5) is 5.82 Å². The van der Waals surface area contributed by atoms with Gasteiger partial charge in [0.25, 0.3) is 5.88 Å². The molecule has 0 radical (unpaired) electrons. The third-order valence-corrected chi connectivity index (χ3v) is 2.04. The lowest BCUT2D eigenvalue weighted by Crippen LogP contribution is -2.03. The molecule has 0 fully saturated rings. The van der Waals surface area contributed by atoms with Gasteiger partial charge in [0.1, 0.15) is 5.82 Å². The van der Waals surface area contributed by atoms with Crippen molar-refractivity contribution < 1.29 is 4.74 Å². The fourth-order valence-corrected chi connectivity index (χ4v) is 1.32. The third kappa shape index (κ3) is 1.86. The molecule has 2 rings (SSSR count). The largest absolute Gasteiger partial charge is 0.475 e. The monoisotopic (exact) mass is 206 g/mol. The Hall–Kier alpha value is -1.78. The summed E-state index contributed by atoms with van der Waals surface area (Å²) in [5.41, 5.74) is 0.752. The molecule has 2 aromatic heterocycles. The maximum atomic E-state index is 5.53. The maximum absolute atomic E-state index is 5.53. The Bertz CT molecular complexity index is 452. The van der Waals surface area contributed by atoms with Crippen LogP contribution in [0.5, 0.6) is 5.88 Å². The maximum Gasteiger partial charge on any atom is 0.260 e. The van der Waals surface area contributed by atoms with E-state index in [1.165, 1.54) is 0 Å². The second kappa shape index (κ2) is 4.16. The minimum Gasteiger partial charge on any atom is -0.475 e. The molecule has 80 valence electrons. The van der Waals surface area contributed by atoms with Crippen LogP contribution in [0.15, 0.2) is 18.6 Å². The van der Waals surface area contributed by atoms with Gasteiger partial charge in [-0.15, -0.1) is 0 Å². The highest BCUT2D eigenvalue weighted by Gasteiger charge is 2.07. The molecule has 0 amide bonds. The lowest BCUT2D eigenvalue weighted by Gasteiger charge is -2.07. The number of anilines is 1. The first-order chi connectivity index (χ1) is 7.35. The molecule has 0 saturated carbocycles. The average Bonchev–Trinajstić information content (AvgIpc) is 2.73. The Labute approximate surface area is 88.1 Å². The summed E-state index contributed by atoms with van der Waals surface area (Å²) in [6.45, 7) is 2.72. The molecule has 15 heavy (non-hydrogen) atoms. The normalized spacial score (nSPS) is 10.5. The number of imidazole rings is 1. The Balaban J connectivity index is 2.43. The van der Waals surface area contributed by atoms with Crippen molar-refractivity contribution >= 4 is 11.5 Å². The van der Waals surface area contributed by atoms with E-state index in [0.29, 0.717) is 12.5 Å². The highest BCUT2D eigenvalue weighted by molar-refractivity contribution is 5.53. The van der Waals surface area contributed by atoms with Crippen molar-refractivity contribution in [1.29, 1.82) is 0 Å². The number of aromatic nitrogens is 3. The first-order valence-corrected chi connectivity index (χ1v) is 4.99. The first kappa shape index (κ1) is 9.76. The smallest absolute Gasteiger partial charge is 0.260 e. The summed E-state index contributed by atoms with van der Waals surface area (Å²) >= 11 is 0. The van der Waals surface area contributed by atoms with E-state index in [4.69, 9.17) is 4.74 Å². The lowest BCUT2D eigenvalue weighted by molar-refractivity contribution is 0.307. The summed E-state index contributed by atoms with van der Waals surface area (Å²) in [5, 5.41) is 2.99. The SMILES string of the molecule is CCCOc1nc(NC)cn2ccnc12. The van der Waals surface area contributed by atoms with Gasteiger partial charge >= 0.3 is 0 Å². The van der Waals surface area contributed by atoms with Crippen LogP contribution < -0.4 is 10.1 Å². The molecule has 0 bridgehead atoms. The van der Waals surface area contributed by atoms with E-state index >= 15 is 0 Å². The van der Waals surface area contributed by atoms with Gasteiger partial charge in [0.05, 0.1) is 12.8 Å². The summed E-state index contributed by atoms with van der Waals surface area (Å²) in [7, 11) is 1.83. The van der Waals surface area contributed by atoms with E-state index in [1.54, 1.807) is 6.20 Å². The van der Waals surface area contributed by atoms with Crippen LogP contribution in [0.1, 0.15) is 13.3 Å². The molecule has 2 heterocycles. The standard InChI is InChI=1S/C10H14N4O/c1-3-6-15-10-9-12-4-5-14(9)7-8(11-2)13-10/h4-5,7,11H,3,6H2,1-2H3. The molecular formula is C10H14N4O. The zero-order valence-corrected chi connectivity index (χ0v) is 8.90. The van der Waals surface area contributed by atoms with Crippen LogP contribution >= 0.6 is 0 Å². The fraction of sp³-hybridized carbons (Fsp3) is 0.400. The number of rotatable bonds is 4. The van der Waals surface area contributed by atoms with Gasteiger partial charge in [-0.05, 0) is 6.42 Å². The highest BCUT2D eigenvalue weighted by atomic mass is 16.5. The molecule has 0 spiro atoms. The van der Waals surface area contributed by atoms with Crippen molar-refractivity contribution in [2.75, 3.05) is 19.0 Å². The van der Waals surface area contributed by atoms with Gasteiger partial charge in [0.2, 0.25) is 5.65 Å². The van der Waals surface area contributed by atoms with Gasteiger partial charge in [-0.2, -0.15) is 4.98 Å². The summed E-state index contributed by atoms with van der Waals surface area (Å²) in [5.74, 6) is 1.35. The molecule has 0 aliphatic carbocycles. The van der Waals surface area contributed by atoms with Crippen LogP contribution in [0.3, 0.4) is 0 Å². The first-order valence-electron chi connectivity index (χ1n) is 4.99. The molecule has 0 aromatic carbocycles. The van der Waals surface area contributed by atoms with Gasteiger partial charge < -0.3 is 10.1 Å². The fourth-order valence-electron chi connectivity index (χ4n) is 1.32. The predicted octanol–water partition coefficient (Wildman–Crippen LogP) is 1.56. The predicted molar refractivity (Wildman–Crippen MR) is 58.3 cm³/mol. The minimum absolute atomic E-state index is 0.577. The molecular weight excluding hydrogens is 192 g/mol. The molecule has 0 atom stereocenters. The van der Waals surface area contributed by atoms with Crippen molar-refractivity contribution in [2.45, 2.75) is 13.3 Å². The molecule has 2 aromatic rings. The number of nitrogens with one attached hydrogen (secondary N) is 1. The number of fused-ring (bicyclic) bond motifs is 1. The van der Waals surface area contributed by atoms with E-state index in [2.05, 4.69) is 22.2 Å². The Kier molecular flexibility index (Phi) is 2.71. The van der Waals surface area contributed by atoms with E-state index in [1.807, 2.05) is 23.8 Å². The summed E-state index contributed by atoms with van der Waals surface area (Å²) in [6.07, 6.45) is 6.44. The second-order valence-corrected chi connectivity index (χ2v) is 3.19. The number of ether oxygens (including phenoxy) is 1. The summed E-state index contributed by atoms with van der Waals surface area (Å²) in [6, 6.07) is 0. The summed E-state index contributed by atoms with van der Waals surface area (Å²) in [4.78, 5) is 8.51. The van der Waals surface area contributed by atoms with Crippen molar-refractivity contribution in [3.8, 4) is 5.88 Å². The van der Waals surface area contributed by atoms with Crippen LogP contribution in [0, 0.1) is 0 Å². The van der Waals surface area contributed by atoms with E-state index < -0.39 is 0 Å². The van der Waals surface area contributed by atoms with Gasteiger partial charge in [0, 0.05) is 19.4 Å². The lowest BCUT2D eigenvalue weighted by atomic mass is 10.5. The van der Waals surface area contributed by atoms with Gasteiger partial charge in [-0.3, -0.25) is 4.40 Å². The number of hydrogen-bond acceptors (Lipinski definition) is 4. The zero-order valence-electron chi connectivity index (χ0n) is 8.90. The van der Waals surface area contributed by atoms with Gasteiger partial charge in [-0.1, -0.05) is 6.92 Å². The Morgan fingerprint density at radius 2 is 2.40 bits per heavy atom. The van der Waals surface area contributed by atoms with Crippen LogP contribution in [0.2, 0.25) is 0 Å². The molecule has 1 N–H and O–H groups in total. The Morgan fingerprint density at radius 3 is 3.13 bits per heavy atom. The van der Waals surface area contributed by atoms with Gasteiger partial charge in [-0.25, -0.2) is 4.98 Å². The molecule has 0 saturated heterocycles. The van der Waals surface area contributed by atoms with E-state index in [-0.39, 0.29) is 0 Å². The summed E-state index contributed by atoms with van der Waals surface area (Å²) < 4.78 is 7.43. The third-order valence-electron chi connectivity index (χ3n) is 2.04. The number of hydrogen-bond donors (Lipinski definition) is 1. The van der Waals surface area contributed by atoms with E-state index in [9.17, 15) is 0 Å².